The fourth-order valence-electron chi connectivity index (χ4n) is 2.83. The number of aromatic carboxylic acids is 1. The molecule has 0 aromatic carbocycles. The maximum atomic E-state index is 12.4. The van der Waals surface area contributed by atoms with Crippen LogP contribution in [0.4, 0.5) is 0 Å². The van der Waals surface area contributed by atoms with Crippen LogP contribution >= 0.6 is 11.3 Å². The molecule has 0 aliphatic heterocycles. The molecule has 0 bridgehead atoms. The van der Waals surface area contributed by atoms with Gasteiger partial charge in [0.1, 0.15) is 9.09 Å². The molecule has 1 saturated carbocycles. The molecule has 21 heavy (non-hydrogen) atoms. The predicted molar refractivity (Wildman–Crippen MR) is 82.4 cm³/mol. The molecule has 118 valence electrons. The van der Waals surface area contributed by atoms with Crippen LogP contribution in [0.25, 0.3) is 0 Å². The van der Waals surface area contributed by atoms with Crippen LogP contribution in [-0.2, 0) is 10.0 Å². The first-order chi connectivity index (χ1) is 9.81. The lowest BCUT2D eigenvalue weighted by atomic mass is 9.85. The van der Waals surface area contributed by atoms with Gasteiger partial charge in [-0.1, -0.05) is 19.3 Å². The summed E-state index contributed by atoms with van der Waals surface area (Å²) in [7, 11) is -3.64. The van der Waals surface area contributed by atoms with Crippen molar-refractivity contribution in [2.45, 2.75) is 56.2 Å². The van der Waals surface area contributed by atoms with Gasteiger partial charge in [-0.25, -0.2) is 17.9 Å². The third-order valence-electron chi connectivity index (χ3n) is 4.05. The lowest BCUT2D eigenvalue weighted by molar-refractivity contribution is 0.0701. The van der Waals surface area contributed by atoms with Gasteiger partial charge < -0.3 is 5.11 Å². The van der Waals surface area contributed by atoms with Crippen LogP contribution in [-0.4, -0.2) is 25.5 Å². The van der Waals surface area contributed by atoms with E-state index in [1.165, 1.54) is 12.5 Å². The Labute approximate surface area is 129 Å². The lowest BCUT2D eigenvalue weighted by Gasteiger charge is -2.27. The zero-order valence-electron chi connectivity index (χ0n) is 12.3. The third-order valence-corrected chi connectivity index (χ3v) is 7.31. The van der Waals surface area contributed by atoms with Crippen molar-refractivity contribution in [1.29, 1.82) is 0 Å². The van der Waals surface area contributed by atoms with Crippen LogP contribution in [0.2, 0.25) is 0 Å². The molecular weight excluding hydrogens is 310 g/mol. The van der Waals surface area contributed by atoms with E-state index in [-0.39, 0.29) is 15.1 Å². The van der Waals surface area contributed by atoms with Crippen LogP contribution in [0.1, 0.15) is 54.3 Å². The van der Waals surface area contributed by atoms with E-state index in [4.69, 9.17) is 5.11 Å². The average Bonchev–Trinajstić information content (AvgIpc) is 2.82. The number of aryl methyl sites for hydroxylation is 1. The van der Waals surface area contributed by atoms with E-state index in [0.717, 1.165) is 37.0 Å². The second kappa shape index (κ2) is 6.46. The van der Waals surface area contributed by atoms with Crippen LogP contribution < -0.4 is 4.72 Å². The first-order valence-corrected chi connectivity index (χ1v) is 9.47. The minimum absolute atomic E-state index is 0.0834. The fourth-order valence-corrected chi connectivity index (χ4v) is 5.54. The molecule has 1 aromatic heterocycles. The summed E-state index contributed by atoms with van der Waals surface area (Å²) < 4.78 is 27.6. The molecular formula is C14H21NO4S2. The molecule has 2 N–H and O–H groups in total. The van der Waals surface area contributed by atoms with Gasteiger partial charge in [0.2, 0.25) is 10.0 Å². The summed E-state index contributed by atoms with van der Waals surface area (Å²) in [4.78, 5) is 11.1. The van der Waals surface area contributed by atoms with Crippen molar-refractivity contribution >= 4 is 27.3 Å². The number of hydrogen-bond acceptors (Lipinski definition) is 4. The molecule has 0 saturated heterocycles. The number of sulfonamides is 1. The topological polar surface area (TPSA) is 83.5 Å². The van der Waals surface area contributed by atoms with Gasteiger partial charge in [-0.2, -0.15) is 0 Å². The number of carboxylic acid groups (broad SMARTS) is 1. The van der Waals surface area contributed by atoms with E-state index in [1.54, 1.807) is 6.92 Å². The van der Waals surface area contributed by atoms with Crippen molar-refractivity contribution in [2.24, 2.45) is 5.92 Å². The molecule has 0 amide bonds. The predicted octanol–water partition coefficient (Wildman–Crippen LogP) is 3.00. The Kier molecular flexibility index (Phi) is 5.06. The first kappa shape index (κ1) is 16.5. The molecule has 1 aliphatic carbocycles. The van der Waals surface area contributed by atoms with E-state index < -0.39 is 16.0 Å². The van der Waals surface area contributed by atoms with Gasteiger partial charge in [-0.15, -0.1) is 11.3 Å². The average molecular weight is 331 g/mol. The summed E-state index contributed by atoms with van der Waals surface area (Å²) in [5.41, 5.74) is 0.484. The lowest BCUT2D eigenvalue weighted by Crippen LogP contribution is -2.38. The Bertz CT molecular complexity index is 615. The van der Waals surface area contributed by atoms with Gasteiger partial charge >= 0.3 is 5.97 Å². The van der Waals surface area contributed by atoms with E-state index in [0.29, 0.717) is 11.5 Å². The van der Waals surface area contributed by atoms with Crippen LogP contribution in [0.3, 0.4) is 0 Å². The van der Waals surface area contributed by atoms with Crippen LogP contribution in [0, 0.1) is 12.8 Å². The molecule has 1 aliphatic rings. The van der Waals surface area contributed by atoms with Gasteiger partial charge in [0.05, 0.1) is 0 Å². The van der Waals surface area contributed by atoms with E-state index in [1.807, 2.05) is 6.92 Å². The molecule has 1 atom stereocenters. The highest BCUT2D eigenvalue weighted by atomic mass is 32.2. The minimum atomic E-state index is -3.64. The number of hydrogen-bond donors (Lipinski definition) is 2. The number of thiophene rings is 1. The van der Waals surface area contributed by atoms with Crippen molar-refractivity contribution in [2.75, 3.05) is 0 Å². The summed E-state index contributed by atoms with van der Waals surface area (Å²) in [6.07, 6.45) is 5.62. The molecule has 2 rings (SSSR count). The summed E-state index contributed by atoms with van der Waals surface area (Å²) in [5, 5.41) is 9.03. The third kappa shape index (κ3) is 3.84. The quantitative estimate of drug-likeness (QED) is 0.869. The minimum Gasteiger partial charge on any atom is -0.477 e. The van der Waals surface area contributed by atoms with Crippen molar-refractivity contribution in [3.63, 3.8) is 0 Å². The van der Waals surface area contributed by atoms with E-state index >= 15 is 0 Å². The monoisotopic (exact) mass is 331 g/mol. The second-order valence-electron chi connectivity index (χ2n) is 5.69. The van der Waals surface area contributed by atoms with Crippen LogP contribution in [0.15, 0.2) is 10.3 Å². The van der Waals surface area contributed by atoms with Gasteiger partial charge in [0.15, 0.2) is 0 Å². The van der Waals surface area contributed by atoms with E-state index in [2.05, 4.69) is 4.72 Å². The number of carboxylic acids is 1. The molecule has 1 fully saturated rings. The highest BCUT2D eigenvalue weighted by Gasteiger charge is 2.27. The van der Waals surface area contributed by atoms with Gasteiger partial charge in [0.25, 0.3) is 0 Å². The maximum absolute atomic E-state index is 12.4. The van der Waals surface area contributed by atoms with Crippen LogP contribution in [0.5, 0.6) is 0 Å². The summed E-state index contributed by atoms with van der Waals surface area (Å²) >= 11 is 0.813. The first-order valence-electron chi connectivity index (χ1n) is 7.17. The molecule has 0 radical (unpaired) electrons. The van der Waals surface area contributed by atoms with Gasteiger partial charge in [0, 0.05) is 6.04 Å². The number of nitrogens with one attached hydrogen (secondary N) is 1. The number of carbonyl (C=O) groups is 1. The Balaban J connectivity index is 2.14. The zero-order chi connectivity index (χ0) is 15.6. The largest absolute Gasteiger partial charge is 0.477 e. The highest BCUT2D eigenvalue weighted by molar-refractivity contribution is 7.91. The Morgan fingerprint density at radius 2 is 2.00 bits per heavy atom. The Hall–Kier alpha value is -0.920. The smallest absolute Gasteiger partial charge is 0.346 e. The van der Waals surface area contributed by atoms with Crippen molar-refractivity contribution in [3.8, 4) is 0 Å². The van der Waals surface area contributed by atoms with Gasteiger partial charge in [-0.05, 0) is 44.2 Å². The standard InChI is InChI=1S/C14H21NO4S2/c1-9-8-12(20-13(9)14(16)17)21(18,19)15-10(2)11-6-4-3-5-7-11/h8,10-11,15H,3-7H2,1-2H3,(H,16,17). The van der Waals surface area contributed by atoms with Crippen molar-refractivity contribution < 1.29 is 18.3 Å². The summed E-state index contributed by atoms with van der Waals surface area (Å²) in [6.45, 7) is 3.51. The molecule has 0 spiro atoms. The molecule has 7 heteroatoms. The van der Waals surface area contributed by atoms with E-state index in [9.17, 15) is 13.2 Å². The fraction of sp³-hybridized carbons (Fsp3) is 0.643. The Morgan fingerprint density at radius 1 is 1.38 bits per heavy atom. The second-order valence-corrected chi connectivity index (χ2v) is 8.68. The molecule has 5 nitrogen and oxygen atoms in total. The zero-order valence-corrected chi connectivity index (χ0v) is 13.9. The Morgan fingerprint density at radius 3 is 2.52 bits per heavy atom. The number of rotatable bonds is 5. The summed E-state index contributed by atoms with van der Waals surface area (Å²) in [6, 6.07) is 1.32. The maximum Gasteiger partial charge on any atom is 0.346 e. The molecule has 1 unspecified atom stereocenters. The van der Waals surface area contributed by atoms with Crippen molar-refractivity contribution in [1.82, 2.24) is 4.72 Å². The highest BCUT2D eigenvalue weighted by Crippen LogP contribution is 2.29. The molecule has 1 aromatic rings. The SMILES string of the molecule is Cc1cc(S(=O)(=O)NC(C)C2CCCCC2)sc1C(=O)O. The normalized spacial score (nSPS) is 18.6. The van der Waals surface area contributed by atoms with Crippen molar-refractivity contribution in [3.05, 3.63) is 16.5 Å². The van der Waals surface area contributed by atoms with Gasteiger partial charge in [-0.3, -0.25) is 0 Å². The summed E-state index contributed by atoms with van der Waals surface area (Å²) in [5.74, 6) is -0.715. The molecule has 1 heterocycles.